The number of rotatable bonds is 10. The third-order valence-electron chi connectivity index (χ3n) is 7.57. The van der Waals surface area contributed by atoms with E-state index in [-0.39, 0.29) is 6.10 Å². The molecule has 4 rings (SSSR count). The Morgan fingerprint density at radius 1 is 1.13 bits per heavy atom. The molecule has 0 bridgehead atoms. The van der Waals surface area contributed by atoms with E-state index in [9.17, 15) is 5.11 Å². The Balaban J connectivity index is 1.16. The van der Waals surface area contributed by atoms with Crippen LogP contribution in [0, 0.1) is 24.7 Å². The molecule has 4 atom stereocenters. The molecule has 1 saturated carbocycles. The highest BCUT2D eigenvalue weighted by Gasteiger charge is 2.43. The summed E-state index contributed by atoms with van der Waals surface area (Å²) in [4.78, 5) is 2.54. The molecule has 0 radical (unpaired) electrons. The molecule has 0 unspecified atom stereocenters. The van der Waals surface area contributed by atoms with Crippen molar-refractivity contribution in [2.24, 2.45) is 17.8 Å². The molecular weight excluding hydrogens is 382 g/mol. The van der Waals surface area contributed by atoms with Crippen molar-refractivity contribution in [3.05, 3.63) is 59.2 Å². The Hall–Kier alpha value is -1.42. The third-order valence-corrected chi connectivity index (χ3v) is 7.57. The van der Waals surface area contributed by atoms with Crippen LogP contribution in [0.4, 0.5) is 0 Å². The number of aliphatic hydroxyl groups is 1. The van der Waals surface area contributed by atoms with E-state index in [1.165, 1.54) is 49.8 Å². The lowest BCUT2D eigenvalue weighted by Crippen LogP contribution is -2.36. The average Bonchev–Trinajstić information content (AvgIpc) is 3.28. The highest BCUT2D eigenvalue weighted by Crippen LogP contribution is 2.48. The number of unbranched alkanes of at least 4 members (excludes halogenated alkanes) is 2. The van der Waals surface area contributed by atoms with E-state index in [1.54, 1.807) is 5.57 Å². The molecule has 2 aliphatic carbocycles. The quantitative estimate of drug-likeness (QED) is 0.408. The van der Waals surface area contributed by atoms with Crippen molar-refractivity contribution < 1.29 is 9.84 Å². The van der Waals surface area contributed by atoms with Gasteiger partial charge in [-0.25, -0.2) is 0 Å². The number of aryl methyl sites for hydroxylation is 2. The van der Waals surface area contributed by atoms with E-state index in [4.69, 9.17) is 4.74 Å². The van der Waals surface area contributed by atoms with E-state index in [0.717, 1.165) is 45.6 Å². The van der Waals surface area contributed by atoms with E-state index in [2.05, 4.69) is 54.3 Å². The molecule has 3 nitrogen and oxygen atoms in total. The van der Waals surface area contributed by atoms with Crippen molar-refractivity contribution in [2.75, 3.05) is 32.8 Å². The summed E-state index contributed by atoms with van der Waals surface area (Å²) >= 11 is 0. The minimum Gasteiger partial charge on any atom is -0.392 e. The van der Waals surface area contributed by atoms with Crippen LogP contribution in [0.3, 0.4) is 0 Å². The largest absolute Gasteiger partial charge is 0.392 e. The molecule has 1 heterocycles. The average molecular weight is 424 g/mol. The van der Waals surface area contributed by atoms with Crippen LogP contribution in [0.1, 0.15) is 56.1 Å². The lowest BCUT2D eigenvalue weighted by molar-refractivity contribution is 0.0371. The number of morpholine rings is 1. The van der Waals surface area contributed by atoms with Gasteiger partial charge in [0.15, 0.2) is 0 Å². The molecule has 3 aliphatic rings. The summed E-state index contributed by atoms with van der Waals surface area (Å²) < 4.78 is 5.43. The Kier molecular flexibility index (Phi) is 8.40. The molecule has 1 N–H and O–H groups in total. The summed E-state index contributed by atoms with van der Waals surface area (Å²) in [6.45, 7) is 7.41. The first-order valence-electron chi connectivity index (χ1n) is 12.6. The van der Waals surface area contributed by atoms with Crippen LogP contribution in [-0.4, -0.2) is 49.0 Å². The number of allylic oxidation sites excluding steroid dienone is 3. The van der Waals surface area contributed by atoms with Gasteiger partial charge >= 0.3 is 0 Å². The molecule has 0 spiro atoms. The molecule has 3 heteroatoms. The predicted octanol–water partition coefficient (Wildman–Crippen LogP) is 5.32. The SMILES string of the molecule is Cc1cccc(CCC=C[C@@H]2[C@H]3CC(CCCCCN4CCOCC4)=C[C@H]3C[C@H]2O)c1. The van der Waals surface area contributed by atoms with Crippen LogP contribution >= 0.6 is 0 Å². The van der Waals surface area contributed by atoms with Crippen molar-refractivity contribution in [1.82, 2.24) is 4.90 Å². The second-order valence-electron chi connectivity index (χ2n) is 9.96. The fourth-order valence-corrected chi connectivity index (χ4v) is 5.85. The maximum Gasteiger partial charge on any atom is 0.0611 e. The predicted molar refractivity (Wildman–Crippen MR) is 128 cm³/mol. The second kappa shape index (κ2) is 11.4. The first-order chi connectivity index (χ1) is 15.2. The number of hydrogen-bond donors (Lipinski definition) is 1. The lowest BCUT2D eigenvalue weighted by atomic mass is 9.88. The summed E-state index contributed by atoms with van der Waals surface area (Å²) in [7, 11) is 0. The summed E-state index contributed by atoms with van der Waals surface area (Å²) in [5, 5.41) is 10.6. The number of ether oxygens (including phenoxy) is 1. The van der Waals surface area contributed by atoms with Crippen LogP contribution in [0.5, 0.6) is 0 Å². The van der Waals surface area contributed by atoms with Gasteiger partial charge in [-0.3, -0.25) is 4.90 Å². The van der Waals surface area contributed by atoms with Gasteiger partial charge in [-0.2, -0.15) is 0 Å². The molecule has 0 aromatic heterocycles. The van der Waals surface area contributed by atoms with Crippen LogP contribution in [-0.2, 0) is 11.2 Å². The standard InChI is InChI=1S/C28H41NO2/c1-22-8-7-11-23(18-22)9-4-5-12-26-27-20-24(19-25(27)21-28(26)30)10-3-2-6-13-29-14-16-31-17-15-29/h5,7-8,11-12,18-19,25-28,30H,2-4,6,9-10,13-17,20-21H2,1H3/t25-,26+,27-,28+/m0/s1. The molecule has 0 amide bonds. The lowest BCUT2D eigenvalue weighted by Gasteiger charge is -2.26. The van der Waals surface area contributed by atoms with Crippen LogP contribution < -0.4 is 0 Å². The van der Waals surface area contributed by atoms with Gasteiger partial charge in [-0.05, 0) is 75.8 Å². The van der Waals surface area contributed by atoms with Crippen molar-refractivity contribution >= 4 is 0 Å². The number of aliphatic hydroxyl groups excluding tert-OH is 1. The number of benzene rings is 1. The summed E-state index contributed by atoms with van der Waals surface area (Å²) in [6, 6.07) is 8.80. The van der Waals surface area contributed by atoms with Crippen molar-refractivity contribution in [1.29, 1.82) is 0 Å². The first kappa shape index (κ1) is 22.8. The molecule has 1 aromatic rings. The summed E-state index contributed by atoms with van der Waals surface area (Å²) in [5.74, 6) is 1.58. The number of nitrogens with zero attached hydrogens (tertiary/aromatic N) is 1. The Labute approximate surface area is 189 Å². The van der Waals surface area contributed by atoms with E-state index >= 15 is 0 Å². The van der Waals surface area contributed by atoms with Gasteiger partial charge in [0, 0.05) is 19.0 Å². The Morgan fingerprint density at radius 3 is 2.84 bits per heavy atom. The van der Waals surface area contributed by atoms with Crippen molar-refractivity contribution in [3.63, 3.8) is 0 Å². The minimum atomic E-state index is -0.156. The molecular formula is C28H41NO2. The second-order valence-corrected chi connectivity index (χ2v) is 9.96. The summed E-state index contributed by atoms with van der Waals surface area (Å²) in [5.41, 5.74) is 4.40. The zero-order chi connectivity index (χ0) is 21.5. The highest BCUT2D eigenvalue weighted by atomic mass is 16.5. The van der Waals surface area contributed by atoms with Gasteiger partial charge in [0.2, 0.25) is 0 Å². The van der Waals surface area contributed by atoms with Gasteiger partial charge in [-0.1, -0.05) is 60.1 Å². The molecule has 1 aromatic carbocycles. The fourth-order valence-electron chi connectivity index (χ4n) is 5.85. The number of fused-ring (bicyclic) bond motifs is 1. The van der Waals surface area contributed by atoms with Crippen molar-refractivity contribution in [3.8, 4) is 0 Å². The van der Waals surface area contributed by atoms with Crippen molar-refractivity contribution in [2.45, 2.75) is 64.4 Å². The zero-order valence-electron chi connectivity index (χ0n) is 19.3. The molecule has 31 heavy (non-hydrogen) atoms. The van der Waals surface area contributed by atoms with Gasteiger partial charge in [0.25, 0.3) is 0 Å². The molecule has 1 saturated heterocycles. The Morgan fingerprint density at radius 2 is 2.00 bits per heavy atom. The van der Waals surface area contributed by atoms with Gasteiger partial charge < -0.3 is 9.84 Å². The maximum absolute atomic E-state index is 10.6. The van der Waals surface area contributed by atoms with Gasteiger partial charge in [0.1, 0.15) is 0 Å². The van der Waals surface area contributed by atoms with Gasteiger partial charge in [0.05, 0.1) is 19.3 Å². The van der Waals surface area contributed by atoms with Crippen LogP contribution in [0.15, 0.2) is 48.1 Å². The molecule has 2 fully saturated rings. The molecule has 1 aliphatic heterocycles. The smallest absolute Gasteiger partial charge is 0.0611 e. The summed E-state index contributed by atoms with van der Waals surface area (Å²) in [6.07, 6.45) is 16.6. The monoisotopic (exact) mass is 423 g/mol. The molecule has 170 valence electrons. The van der Waals surface area contributed by atoms with E-state index in [0.29, 0.717) is 17.8 Å². The van der Waals surface area contributed by atoms with Crippen LogP contribution in [0.2, 0.25) is 0 Å². The van der Waals surface area contributed by atoms with E-state index < -0.39 is 0 Å². The zero-order valence-corrected chi connectivity index (χ0v) is 19.3. The minimum absolute atomic E-state index is 0.156. The normalized spacial score (nSPS) is 28.9. The number of hydrogen-bond acceptors (Lipinski definition) is 3. The topological polar surface area (TPSA) is 32.7 Å². The highest BCUT2D eigenvalue weighted by molar-refractivity contribution is 5.23. The van der Waals surface area contributed by atoms with Gasteiger partial charge in [-0.15, -0.1) is 0 Å². The van der Waals surface area contributed by atoms with E-state index in [1.807, 2.05) is 0 Å². The maximum atomic E-state index is 10.6. The third kappa shape index (κ3) is 6.54. The van der Waals surface area contributed by atoms with Crippen LogP contribution in [0.25, 0.3) is 0 Å². The Bertz CT molecular complexity index is 749. The fraction of sp³-hybridized carbons (Fsp3) is 0.643. The first-order valence-corrected chi connectivity index (χ1v) is 12.6.